The van der Waals surface area contributed by atoms with E-state index in [1.54, 1.807) is 13.0 Å². The van der Waals surface area contributed by atoms with Crippen LogP contribution < -0.4 is 0 Å². The van der Waals surface area contributed by atoms with E-state index in [4.69, 9.17) is 10.2 Å². The van der Waals surface area contributed by atoms with E-state index < -0.39 is 11.9 Å². The maximum absolute atomic E-state index is 10.9. The normalized spacial score (nSPS) is 10.6. The number of aromatic carboxylic acids is 2. The van der Waals surface area contributed by atoms with E-state index in [1.807, 2.05) is 0 Å². The molecule has 0 saturated heterocycles. The Bertz CT molecular complexity index is 597. The first-order valence-electron chi connectivity index (χ1n) is 4.50. The van der Waals surface area contributed by atoms with Gasteiger partial charge >= 0.3 is 11.9 Å². The number of aryl methyl sites for hydroxylation is 1. The van der Waals surface area contributed by atoms with Gasteiger partial charge in [-0.15, -0.1) is 11.3 Å². The van der Waals surface area contributed by atoms with Gasteiger partial charge in [-0.25, -0.2) is 9.59 Å². The van der Waals surface area contributed by atoms with Crippen molar-refractivity contribution in [1.82, 2.24) is 0 Å². The molecule has 5 heteroatoms. The van der Waals surface area contributed by atoms with Crippen molar-refractivity contribution in [2.45, 2.75) is 6.92 Å². The number of hydrogen-bond acceptors (Lipinski definition) is 3. The lowest BCUT2D eigenvalue weighted by Gasteiger charge is -1.95. The van der Waals surface area contributed by atoms with E-state index in [1.165, 1.54) is 12.1 Å². The van der Waals surface area contributed by atoms with Gasteiger partial charge in [0.15, 0.2) is 0 Å². The van der Waals surface area contributed by atoms with Gasteiger partial charge in [-0.3, -0.25) is 0 Å². The van der Waals surface area contributed by atoms with E-state index in [0.717, 1.165) is 16.0 Å². The minimum Gasteiger partial charge on any atom is -0.478 e. The molecule has 1 aromatic carbocycles. The fourth-order valence-electron chi connectivity index (χ4n) is 1.56. The number of rotatable bonds is 2. The molecule has 2 rings (SSSR count). The first kappa shape index (κ1) is 10.6. The zero-order valence-electron chi connectivity index (χ0n) is 8.35. The standard InChI is InChI=1S/C11H8O4S/c1-5-7-4-6(10(12)13)2-3-8(7)16-9(5)11(14)15/h2-4H,1H3,(H,12,13)(H,14,15). The van der Waals surface area contributed by atoms with Crippen molar-refractivity contribution in [3.63, 3.8) is 0 Å². The maximum atomic E-state index is 10.9. The van der Waals surface area contributed by atoms with Crippen molar-refractivity contribution >= 4 is 33.4 Å². The smallest absolute Gasteiger partial charge is 0.346 e. The summed E-state index contributed by atoms with van der Waals surface area (Å²) < 4.78 is 0.792. The molecule has 0 aliphatic carbocycles. The van der Waals surface area contributed by atoms with Crippen LogP contribution in [0.4, 0.5) is 0 Å². The van der Waals surface area contributed by atoms with Crippen molar-refractivity contribution in [2.75, 3.05) is 0 Å². The lowest BCUT2D eigenvalue weighted by atomic mass is 10.1. The van der Waals surface area contributed by atoms with Crippen molar-refractivity contribution in [3.8, 4) is 0 Å². The predicted octanol–water partition coefficient (Wildman–Crippen LogP) is 2.61. The predicted molar refractivity (Wildman–Crippen MR) is 60.5 cm³/mol. The number of thiophene rings is 1. The van der Waals surface area contributed by atoms with E-state index in [0.29, 0.717) is 10.9 Å². The molecule has 4 nitrogen and oxygen atoms in total. The molecule has 1 aromatic heterocycles. The molecule has 0 spiro atoms. The molecule has 0 unspecified atom stereocenters. The summed E-state index contributed by atoms with van der Waals surface area (Å²) in [7, 11) is 0. The van der Waals surface area contributed by atoms with Crippen LogP contribution in [0.15, 0.2) is 18.2 Å². The fourth-order valence-corrected chi connectivity index (χ4v) is 2.59. The minimum atomic E-state index is -1.01. The molecule has 0 aliphatic heterocycles. The highest BCUT2D eigenvalue weighted by atomic mass is 32.1. The lowest BCUT2D eigenvalue weighted by Crippen LogP contribution is -1.95. The Balaban J connectivity index is 2.73. The van der Waals surface area contributed by atoms with Gasteiger partial charge in [0.2, 0.25) is 0 Å². The molecular formula is C11H8O4S. The maximum Gasteiger partial charge on any atom is 0.346 e. The summed E-state index contributed by atoms with van der Waals surface area (Å²) in [6.45, 7) is 1.69. The van der Waals surface area contributed by atoms with Crippen LogP contribution in [0.25, 0.3) is 10.1 Å². The Morgan fingerprint density at radius 1 is 1.19 bits per heavy atom. The highest BCUT2D eigenvalue weighted by Crippen LogP contribution is 2.31. The van der Waals surface area contributed by atoms with E-state index in [-0.39, 0.29) is 10.4 Å². The zero-order chi connectivity index (χ0) is 11.9. The molecule has 0 radical (unpaired) electrons. The van der Waals surface area contributed by atoms with Crippen LogP contribution in [-0.4, -0.2) is 22.2 Å². The molecule has 0 bridgehead atoms. The molecule has 0 aliphatic rings. The monoisotopic (exact) mass is 236 g/mol. The lowest BCUT2D eigenvalue weighted by molar-refractivity contribution is 0.0688. The number of fused-ring (bicyclic) bond motifs is 1. The van der Waals surface area contributed by atoms with Crippen LogP contribution in [0.3, 0.4) is 0 Å². The molecular weight excluding hydrogens is 228 g/mol. The van der Waals surface area contributed by atoms with Crippen molar-refractivity contribution in [1.29, 1.82) is 0 Å². The van der Waals surface area contributed by atoms with Crippen LogP contribution in [0.1, 0.15) is 25.6 Å². The topological polar surface area (TPSA) is 74.6 Å². The van der Waals surface area contributed by atoms with Gasteiger partial charge < -0.3 is 10.2 Å². The molecule has 0 amide bonds. The van der Waals surface area contributed by atoms with Crippen LogP contribution in [0.5, 0.6) is 0 Å². The number of benzene rings is 1. The Kier molecular flexibility index (Phi) is 2.40. The molecule has 0 fully saturated rings. The van der Waals surface area contributed by atoms with Crippen LogP contribution >= 0.6 is 11.3 Å². The zero-order valence-corrected chi connectivity index (χ0v) is 9.17. The van der Waals surface area contributed by atoms with E-state index in [9.17, 15) is 9.59 Å². The third-order valence-corrected chi connectivity index (χ3v) is 3.64. The second kappa shape index (κ2) is 3.61. The summed E-state index contributed by atoms with van der Waals surface area (Å²) in [6, 6.07) is 4.63. The van der Waals surface area contributed by atoms with Gasteiger partial charge in [0, 0.05) is 4.70 Å². The quantitative estimate of drug-likeness (QED) is 0.840. The number of hydrogen-bond donors (Lipinski definition) is 2. The molecule has 82 valence electrons. The summed E-state index contributed by atoms with van der Waals surface area (Å²) >= 11 is 1.16. The Labute approximate surface area is 94.8 Å². The average Bonchev–Trinajstić information content (AvgIpc) is 2.56. The van der Waals surface area contributed by atoms with Crippen LogP contribution in [-0.2, 0) is 0 Å². The first-order valence-corrected chi connectivity index (χ1v) is 5.32. The molecule has 0 atom stereocenters. The van der Waals surface area contributed by atoms with Gasteiger partial charge in [0.1, 0.15) is 4.88 Å². The third-order valence-electron chi connectivity index (χ3n) is 2.38. The van der Waals surface area contributed by atoms with Gasteiger partial charge in [0.25, 0.3) is 0 Å². The molecule has 2 aromatic rings. The third kappa shape index (κ3) is 1.55. The highest BCUT2D eigenvalue weighted by Gasteiger charge is 2.15. The Morgan fingerprint density at radius 3 is 2.44 bits per heavy atom. The second-order valence-electron chi connectivity index (χ2n) is 3.38. The molecule has 16 heavy (non-hydrogen) atoms. The SMILES string of the molecule is Cc1c(C(=O)O)sc2ccc(C(=O)O)cc12. The fraction of sp³-hybridized carbons (Fsp3) is 0.0909. The van der Waals surface area contributed by atoms with Gasteiger partial charge in [0.05, 0.1) is 5.56 Å². The number of carboxylic acids is 2. The van der Waals surface area contributed by atoms with Gasteiger partial charge in [-0.05, 0) is 36.1 Å². The highest BCUT2D eigenvalue weighted by molar-refractivity contribution is 7.21. The molecule has 0 saturated carbocycles. The summed E-state index contributed by atoms with van der Waals surface area (Å²) in [5.41, 5.74) is 0.793. The van der Waals surface area contributed by atoms with Crippen molar-refractivity contribution < 1.29 is 19.8 Å². The second-order valence-corrected chi connectivity index (χ2v) is 4.43. The Morgan fingerprint density at radius 2 is 1.88 bits per heavy atom. The van der Waals surface area contributed by atoms with Crippen molar-refractivity contribution in [2.24, 2.45) is 0 Å². The largest absolute Gasteiger partial charge is 0.478 e. The minimum absolute atomic E-state index is 0.172. The van der Waals surface area contributed by atoms with Crippen LogP contribution in [0, 0.1) is 6.92 Å². The number of carbonyl (C=O) groups is 2. The van der Waals surface area contributed by atoms with Gasteiger partial charge in [-0.2, -0.15) is 0 Å². The summed E-state index contributed by atoms with van der Waals surface area (Å²) in [6.07, 6.45) is 0. The van der Waals surface area contributed by atoms with Crippen LogP contribution in [0.2, 0.25) is 0 Å². The summed E-state index contributed by atoms with van der Waals surface area (Å²) in [5.74, 6) is -1.99. The Hall–Kier alpha value is -1.88. The molecule has 2 N–H and O–H groups in total. The average molecular weight is 236 g/mol. The van der Waals surface area contributed by atoms with Gasteiger partial charge in [-0.1, -0.05) is 0 Å². The summed E-state index contributed by atoms with van der Waals surface area (Å²) in [4.78, 5) is 21.9. The molecule has 1 heterocycles. The number of carboxylic acid groups (broad SMARTS) is 2. The first-order chi connectivity index (χ1) is 7.50. The summed E-state index contributed by atoms with van der Waals surface area (Å²) in [5, 5.41) is 18.5. The van der Waals surface area contributed by atoms with E-state index >= 15 is 0 Å². The van der Waals surface area contributed by atoms with Crippen molar-refractivity contribution in [3.05, 3.63) is 34.2 Å². The van der Waals surface area contributed by atoms with E-state index in [2.05, 4.69) is 0 Å².